The lowest BCUT2D eigenvalue weighted by Gasteiger charge is -2.30. The molecule has 1 aliphatic heterocycles. The maximum atomic E-state index is 13.0. The summed E-state index contributed by atoms with van der Waals surface area (Å²) in [5, 5.41) is 6.17. The van der Waals surface area contributed by atoms with E-state index in [1.54, 1.807) is 6.07 Å². The van der Waals surface area contributed by atoms with Crippen molar-refractivity contribution < 1.29 is 32.3 Å². The molecule has 1 saturated carbocycles. The Morgan fingerprint density at radius 2 is 1.84 bits per heavy atom. The molecule has 206 valence electrons. The van der Waals surface area contributed by atoms with Crippen molar-refractivity contribution in [2.45, 2.75) is 50.7 Å². The number of carbonyl (C=O) groups excluding carboxylic acids is 3. The van der Waals surface area contributed by atoms with Crippen LogP contribution >= 0.6 is 11.6 Å². The van der Waals surface area contributed by atoms with E-state index in [-0.39, 0.29) is 29.3 Å². The molecular weight excluding hydrogens is 527 g/mol. The maximum absolute atomic E-state index is 13.0. The number of amides is 2. The van der Waals surface area contributed by atoms with Crippen LogP contribution in [0.2, 0.25) is 5.02 Å². The van der Waals surface area contributed by atoms with E-state index in [1.165, 1.54) is 0 Å². The second-order valence-electron chi connectivity index (χ2n) is 9.44. The van der Waals surface area contributed by atoms with Crippen LogP contribution in [0.1, 0.15) is 59.5 Å². The number of rotatable bonds is 8. The third-order valence-corrected chi connectivity index (χ3v) is 7.11. The van der Waals surface area contributed by atoms with Crippen molar-refractivity contribution in [3.05, 3.63) is 40.9 Å². The van der Waals surface area contributed by atoms with Gasteiger partial charge in [-0.15, -0.1) is 0 Å². The standard InChI is InChI=1S/C25H29ClF3N5O4/c26-18-6-5-17(34-9-11-38-12-10-34)13-19(18)33-23(36)15-1-3-16(4-2-15)32-24(37)22-21(30-14-31-22)20(35)7-8-25(27,28)29/h5-6,13-16H,1-4,7-12H2,(H,30,31)(H,32,37)(H,33,36). The number of H-pyrrole nitrogens is 1. The minimum Gasteiger partial charge on any atom is -0.378 e. The fourth-order valence-electron chi connectivity index (χ4n) is 4.67. The highest BCUT2D eigenvalue weighted by Gasteiger charge is 2.31. The molecule has 2 aromatic rings. The van der Waals surface area contributed by atoms with Gasteiger partial charge in [-0.25, -0.2) is 4.98 Å². The van der Waals surface area contributed by atoms with Crippen LogP contribution in [-0.4, -0.2) is 66.1 Å². The number of hydrogen-bond donors (Lipinski definition) is 3. The van der Waals surface area contributed by atoms with Gasteiger partial charge < -0.3 is 25.3 Å². The maximum Gasteiger partial charge on any atom is 0.389 e. The van der Waals surface area contributed by atoms with Crippen LogP contribution in [0.4, 0.5) is 24.5 Å². The summed E-state index contributed by atoms with van der Waals surface area (Å²) >= 11 is 6.33. The number of ether oxygens (including phenoxy) is 1. The minimum absolute atomic E-state index is 0.151. The first-order chi connectivity index (χ1) is 18.1. The number of nitrogens with zero attached hydrogens (tertiary/aromatic N) is 2. The predicted molar refractivity (Wildman–Crippen MR) is 135 cm³/mol. The second-order valence-corrected chi connectivity index (χ2v) is 9.85. The van der Waals surface area contributed by atoms with Crippen LogP contribution in [0, 0.1) is 5.92 Å². The zero-order valence-electron chi connectivity index (χ0n) is 20.6. The third kappa shape index (κ3) is 7.25. The molecule has 1 aromatic heterocycles. The van der Waals surface area contributed by atoms with E-state index in [0.29, 0.717) is 49.6 Å². The first-order valence-electron chi connectivity index (χ1n) is 12.5. The lowest BCUT2D eigenvalue weighted by molar-refractivity contribution is -0.133. The summed E-state index contributed by atoms with van der Waals surface area (Å²) in [5.41, 5.74) is 1.02. The molecular formula is C25H29ClF3N5O4. The second kappa shape index (κ2) is 12.2. The number of aromatic nitrogens is 2. The highest BCUT2D eigenvalue weighted by Crippen LogP contribution is 2.31. The van der Waals surface area contributed by atoms with Gasteiger partial charge in [-0.05, 0) is 43.9 Å². The molecule has 38 heavy (non-hydrogen) atoms. The van der Waals surface area contributed by atoms with Gasteiger partial charge in [0.25, 0.3) is 5.91 Å². The Balaban J connectivity index is 1.28. The zero-order chi connectivity index (χ0) is 27.3. The number of aromatic amines is 1. The first kappa shape index (κ1) is 27.9. The molecule has 0 unspecified atom stereocenters. The topological polar surface area (TPSA) is 116 Å². The highest BCUT2D eigenvalue weighted by atomic mass is 35.5. The van der Waals surface area contributed by atoms with Gasteiger partial charge in [0.05, 0.1) is 36.7 Å². The number of benzene rings is 1. The van der Waals surface area contributed by atoms with E-state index in [1.807, 2.05) is 12.1 Å². The molecule has 13 heteroatoms. The fourth-order valence-corrected chi connectivity index (χ4v) is 4.84. The summed E-state index contributed by atoms with van der Waals surface area (Å²) in [6.07, 6.45) is -3.33. The highest BCUT2D eigenvalue weighted by molar-refractivity contribution is 6.33. The van der Waals surface area contributed by atoms with Gasteiger partial charge in [0.15, 0.2) is 5.78 Å². The Morgan fingerprint density at radius 3 is 2.53 bits per heavy atom. The summed E-state index contributed by atoms with van der Waals surface area (Å²) < 4.78 is 42.7. The number of morpholine rings is 1. The van der Waals surface area contributed by atoms with Crippen molar-refractivity contribution in [3.8, 4) is 0 Å². The molecule has 1 saturated heterocycles. The molecule has 0 bridgehead atoms. The van der Waals surface area contributed by atoms with Crippen LogP contribution in [0.5, 0.6) is 0 Å². The number of halogens is 4. The van der Waals surface area contributed by atoms with E-state index in [9.17, 15) is 27.6 Å². The van der Waals surface area contributed by atoms with Gasteiger partial charge in [0, 0.05) is 37.2 Å². The molecule has 1 aliphatic carbocycles. The van der Waals surface area contributed by atoms with Crippen LogP contribution in [0.15, 0.2) is 24.5 Å². The molecule has 2 amide bonds. The summed E-state index contributed by atoms with van der Waals surface area (Å²) in [5.74, 6) is -1.89. The van der Waals surface area contributed by atoms with E-state index in [0.717, 1.165) is 25.1 Å². The average Bonchev–Trinajstić information content (AvgIpc) is 3.39. The average molecular weight is 556 g/mol. The van der Waals surface area contributed by atoms with E-state index < -0.39 is 30.7 Å². The van der Waals surface area contributed by atoms with Gasteiger partial charge in [0.1, 0.15) is 11.4 Å². The molecule has 9 nitrogen and oxygen atoms in total. The Labute approximate surface area is 222 Å². The third-order valence-electron chi connectivity index (χ3n) is 6.78. The van der Waals surface area contributed by atoms with E-state index in [2.05, 4.69) is 25.5 Å². The molecule has 3 N–H and O–H groups in total. The summed E-state index contributed by atoms with van der Waals surface area (Å²) in [6.45, 7) is 2.79. The van der Waals surface area contributed by atoms with E-state index >= 15 is 0 Å². The van der Waals surface area contributed by atoms with Gasteiger partial charge in [-0.3, -0.25) is 14.4 Å². The van der Waals surface area contributed by atoms with Crippen LogP contribution in [0.3, 0.4) is 0 Å². The van der Waals surface area contributed by atoms with Crippen molar-refractivity contribution in [3.63, 3.8) is 0 Å². The monoisotopic (exact) mass is 555 g/mol. The number of hydrogen-bond acceptors (Lipinski definition) is 6. The number of alkyl halides is 3. The fraction of sp³-hybridized carbons (Fsp3) is 0.520. The van der Waals surface area contributed by atoms with Crippen molar-refractivity contribution in [2.75, 3.05) is 36.5 Å². The SMILES string of the molecule is O=C(CCC(F)(F)F)c1nc[nH]c1C(=O)NC1CCC(C(=O)Nc2cc(N3CCOCC3)ccc2Cl)CC1. The van der Waals surface area contributed by atoms with Crippen LogP contribution in [-0.2, 0) is 9.53 Å². The van der Waals surface area contributed by atoms with Crippen molar-refractivity contribution in [2.24, 2.45) is 5.92 Å². The Hall–Kier alpha value is -3.12. The molecule has 2 heterocycles. The normalized spacial score (nSPS) is 20.2. The number of anilines is 2. The summed E-state index contributed by atoms with van der Waals surface area (Å²) in [4.78, 5) is 46.3. The lowest BCUT2D eigenvalue weighted by Crippen LogP contribution is -2.40. The lowest BCUT2D eigenvalue weighted by atomic mass is 9.85. The summed E-state index contributed by atoms with van der Waals surface area (Å²) in [7, 11) is 0. The van der Waals surface area contributed by atoms with Gasteiger partial charge in [0.2, 0.25) is 5.91 Å². The summed E-state index contributed by atoms with van der Waals surface area (Å²) in [6, 6.07) is 5.27. The quantitative estimate of drug-likeness (QED) is 0.417. The zero-order valence-corrected chi connectivity index (χ0v) is 21.3. The predicted octanol–water partition coefficient (Wildman–Crippen LogP) is 4.35. The largest absolute Gasteiger partial charge is 0.389 e. The van der Waals surface area contributed by atoms with Gasteiger partial charge in [-0.2, -0.15) is 13.2 Å². The molecule has 2 aliphatic rings. The van der Waals surface area contributed by atoms with Crippen molar-refractivity contribution in [1.29, 1.82) is 0 Å². The number of imidazole rings is 1. The number of nitrogens with one attached hydrogen (secondary N) is 3. The van der Waals surface area contributed by atoms with Crippen LogP contribution in [0.25, 0.3) is 0 Å². The molecule has 0 radical (unpaired) electrons. The first-order valence-corrected chi connectivity index (χ1v) is 12.9. The molecule has 0 atom stereocenters. The van der Waals surface area contributed by atoms with Crippen molar-refractivity contribution >= 4 is 40.6 Å². The number of Topliss-reactive ketones (excluding diaryl/α,β-unsaturated/α-hetero) is 1. The van der Waals surface area contributed by atoms with Crippen molar-refractivity contribution in [1.82, 2.24) is 15.3 Å². The van der Waals surface area contributed by atoms with Gasteiger partial charge >= 0.3 is 6.18 Å². The molecule has 1 aromatic carbocycles. The number of carbonyl (C=O) groups is 3. The smallest absolute Gasteiger partial charge is 0.378 e. The Kier molecular flexibility index (Phi) is 8.93. The molecule has 2 fully saturated rings. The Bertz CT molecular complexity index is 1160. The van der Waals surface area contributed by atoms with Crippen LogP contribution < -0.4 is 15.5 Å². The molecule has 4 rings (SSSR count). The number of ketones is 1. The van der Waals surface area contributed by atoms with E-state index in [4.69, 9.17) is 16.3 Å². The Morgan fingerprint density at radius 1 is 1.13 bits per heavy atom. The minimum atomic E-state index is -4.48. The van der Waals surface area contributed by atoms with Gasteiger partial charge in [-0.1, -0.05) is 11.6 Å². The molecule has 0 spiro atoms.